The highest BCUT2D eigenvalue weighted by Gasteiger charge is 2.33. The number of nitrogens with zero attached hydrogens (tertiary/aromatic N) is 3. The van der Waals surface area contributed by atoms with E-state index in [-0.39, 0.29) is 12.0 Å². The van der Waals surface area contributed by atoms with Crippen LogP contribution >= 0.6 is 0 Å². The van der Waals surface area contributed by atoms with Gasteiger partial charge in [-0.1, -0.05) is 0 Å². The normalized spacial score (nSPS) is 19.4. The number of rotatable bonds is 4. The fraction of sp³-hybridized carbons (Fsp3) is 0.500. The molecule has 2 aromatic heterocycles. The lowest BCUT2D eigenvalue weighted by atomic mass is 10.1. The summed E-state index contributed by atoms with van der Waals surface area (Å²) in [5, 5.41) is 3.02. The Morgan fingerprint density at radius 3 is 2.88 bits per heavy atom. The maximum Gasteiger partial charge on any atom is 0.433 e. The van der Waals surface area contributed by atoms with Gasteiger partial charge in [-0.05, 0) is 44.5 Å². The molecule has 3 heterocycles. The van der Waals surface area contributed by atoms with Crippen LogP contribution in [-0.4, -0.2) is 34.0 Å². The Labute approximate surface area is 137 Å². The molecule has 1 N–H and O–H groups in total. The number of likely N-dealkylation sites (tertiary alicyclic amines) is 1. The summed E-state index contributed by atoms with van der Waals surface area (Å²) < 4.78 is 43.7. The molecule has 0 radical (unpaired) electrons. The van der Waals surface area contributed by atoms with Crippen LogP contribution in [0, 0.1) is 6.92 Å². The van der Waals surface area contributed by atoms with Crippen molar-refractivity contribution in [1.29, 1.82) is 0 Å². The van der Waals surface area contributed by atoms with Crippen molar-refractivity contribution >= 4 is 5.95 Å². The SMILES string of the molecule is Cc1ccc(CN2CCCC(Nc3nccc(C(F)(F)F)n3)C2)o1. The molecule has 1 fully saturated rings. The Kier molecular flexibility index (Phi) is 4.75. The molecular formula is C16H19F3N4O. The zero-order valence-corrected chi connectivity index (χ0v) is 13.3. The van der Waals surface area contributed by atoms with Crippen LogP contribution in [0.5, 0.6) is 0 Å². The van der Waals surface area contributed by atoms with Crippen molar-refractivity contribution in [1.82, 2.24) is 14.9 Å². The molecule has 3 rings (SSSR count). The zero-order chi connectivity index (χ0) is 17.2. The van der Waals surface area contributed by atoms with Crippen molar-refractivity contribution in [3.63, 3.8) is 0 Å². The van der Waals surface area contributed by atoms with Gasteiger partial charge < -0.3 is 9.73 Å². The lowest BCUT2D eigenvalue weighted by molar-refractivity contribution is -0.141. The van der Waals surface area contributed by atoms with Crippen molar-refractivity contribution in [3.05, 3.63) is 41.6 Å². The molecule has 1 aliphatic heterocycles. The van der Waals surface area contributed by atoms with Crippen molar-refractivity contribution in [2.75, 3.05) is 18.4 Å². The van der Waals surface area contributed by atoms with E-state index in [9.17, 15) is 13.2 Å². The third-order valence-electron chi connectivity index (χ3n) is 3.96. The van der Waals surface area contributed by atoms with E-state index in [1.165, 1.54) is 0 Å². The second-order valence-electron chi connectivity index (χ2n) is 5.99. The average molecular weight is 340 g/mol. The maximum absolute atomic E-state index is 12.7. The highest BCUT2D eigenvalue weighted by molar-refractivity contribution is 5.28. The van der Waals surface area contributed by atoms with E-state index < -0.39 is 11.9 Å². The van der Waals surface area contributed by atoms with Gasteiger partial charge in [-0.25, -0.2) is 9.97 Å². The molecule has 1 unspecified atom stereocenters. The average Bonchev–Trinajstić information content (AvgIpc) is 2.92. The fourth-order valence-electron chi connectivity index (χ4n) is 2.88. The highest BCUT2D eigenvalue weighted by atomic mass is 19.4. The van der Waals surface area contributed by atoms with Gasteiger partial charge in [-0.2, -0.15) is 13.2 Å². The molecule has 1 saturated heterocycles. The number of hydrogen-bond acceptors (Lipinski definition) is 5. The molecule has 8 heteroatoms. The van der Waals surface area contributed by atoms with E-state index in [2.05, 4.69) is 20.2 Å². The first-order valence-electron chi connectivity index (χ1n) is 7.84. The van der Waals surface area contributed by atoms with Crippen LogP contribution in [0.2, 0.25) is 0 Å². The topological polar surface area (TPSA) is 54.2 Å². The number of hydrogen-bond donors (Lipinski definition) is 1. The molecule has 0 spiro atoms. The van der Waals surface area contributed by atoms with E-state index in [1.807, 2.05) is 19.1 Å². The second kappa shape index (κ2) is 6.80. The molecule has 0 aliphatic carbocycles. The van der Waals surface area contributed by atoms with Crippen LogP contribution in [-0.2, 0) is 12.7 Å². The van der Waals surface area contributed by atoms with E-state index in [0.717, 1.165) is 43.2 Å². The largest absolute Gasteiger partial charge is 0.465 e. The van der Waals surface area contributed by atoms with Gasteiger partial charge in [0.2, 0.25) is 5.95 Å². The van der Waals surface area contributed by atoms with Crippen molar-refractivity contribution in [3.8, 4) is 0 Å². The molecule has 24 heavy (non-hydrogen) atoms. The Balaban J connectivity index is 1.61. The number of anilines is 1. The number of halogens is 3. The lowest BCUT2D eigenvalue weighted by Crippen LogP contribution is -2.41. The van der Waals surface area contributed by atoms with Gasteiger partial charge in [0.15, 0.2) is 0 Å². The van der Waals surface area contributed by atoms with Crippen LogP contribution in [0.4, 0.5) is 19.1 Å². The number of alkyl halides is 3. The summed E-state index contributed by atoms with van der Waals surface area (Å²) >= 11 is 0. The minimum atomic E-state index is -4.46. The van der Waals surface area contributed by atoms with Gasteiger partial charge >= 0.3 is 6.18 Å². The zero-order valence-electron chi connectivity index (χ0n) is 13.3. The molecule has 130 valence electrons. The van der Waals surface area contributed by atoms with Gasteiger partial charge in [0.25, 0.3) is 0 Å². The number of furan rings is 1. The monoisotopic (exact) mass is 340 g/mol. The maximum atomic E-state index is 12.7. The number of nitrogens with one attached hydrogen (secondary N) is 1. The fourth-order valence-corrected chi connectivity index (χ4v) is 2.88. The molecule has 1 atom stereocenters. The summed E-state index contributed by atoms with van der Waals surface area (Å²) in [7, 11) is 0. The number of aryl methyl sites for hydroxylation is 1. The summed E-state index contributed by atoms with van der Waals surface area (Å²) in [6, 6.07) is 4.75. The molecule has 1 aliphatic rings. The van der Waals surface area contributed by atoms with Crippen LogP contribution in [0.1, 0.15) is 30.1 Å². The third-order valence-corrected chi connectivity index (χ3v) is 3.96. The summed E-state index contributed by atoms with van der Waals surface area (Å²) in [4.78, 5) is 9.68. The van der Waals surface area contributed by atoms with Gasteiger partial charge in [0.05, 0.1) is 6.54 Å². The predicted octanol–water partition coefficient (Wildman–Crippen LogP) is 3.47. The summed E-state index contributed by atoms with van der Waals surface area (Å²) in [6.45, 7) is 4.23. The van der Waals surface area contributed by atoms with Gasteiger partial charge in [0.1, 0.15) is 17.2 Å². The van der Waals surface area contributed by atoms with Gasteiger partial charge in [0, 0.05) is 18.8 Å². The first-order valence-corrected chi connectivity index (χ1v) is 7.84. The second-order valence-corrected chi connectivity index (χ2v) is 5.99. The quantitative estimate of drug-likeness (QED) is 0.924. The molecular weight excluding hydrogens is 321 g/mol. The Hall–Kier alpha value is -2.09. The van der Waals surface area contributed by atoms with Crippen molar-refractivity contribution in [2.45, 2.75) is 38.5 Å². The van der Waals surface area contributed by atoms with Gasteiger partial charge in [-0.15, -0.1) is 0 Å². The van der Waals surface area contributed by atoms with Crippen LogP contribution < -0.4 is 5.32 Å². The summed E-state index contributed by atoms with van der Waals surface area (Å²) in [6.07, 6.45) is -1.51. The molecule has 0 aromatic carbocycles. The summed E-state index contributed by atoms with van der Waals surface area (Å²) in [5.74, 6) is 1.78. The Morgan fingerprint density at radius 2 is 2.17 bits per heavy atom. The van der Waals surface area contributed by atoms with Gasteiger partial charge in [-0.3, -0.25) is 4.90 Å². The van der Waals surface area contributed by atoms with Crippen LogP contribution in [0.25, 0.3) is 0 Å². The molecule has 5 nitrogen and oxygen atoms in total. The van der Waals surface area contributed by atoms with E-state index >= 15 is 0 Å². The van der Waals surface area contributed by atoms with E-state index in [1.54, 1.807) is 0 Å². The predicted molar refractivity (Wildman–Crippen MR) is 82.4 cm³/mol. The molecule has 0 amide bonds. The van der Waals surface area contributed by atoms with Crippen LogP contribution in [0.3, 0.4) is 0 Å². The Morgan fingerprint density at radius 1 is 1.33 bits per heavy atom. The smallest absolute Gasteiger partial charge is 0.433 e. The molecule has 2 aromatic rings. The molecule has 0 saturated carbocycles. The highest BCUT2D eigenvalue weighted by Crippen LogP contribution is 2.28. The van der Waals surface area contributed by atoms with E-state index in [0.29, 0.717) is 13.1 Å². The minimum absolute atomic E-state index is 0.0123. The summed E-state index contributed by atoms with van der Waals surface area (Å²) in [5.41, 5.74) is -0.932. The third kappa shape index (κ3) is 4.25. The van der Waals surface area contributed by atoms with E-state index in [4.69, 9.17) is 4.42 Å². The van der Waals surface area contributed by atoms with Crippen molar-refractivity contribution in [2.24, 2.45) is 0 Å². The van der Waals surface area contributed by atoms with Crippen LogP contribution in [0.15, 0.2) is 28.8 Å². The van der Waals surface area contributed by atoms with Crippen molar-refractivity contribution < 1.29 is 17.6 Å². The number of piperidine rings is 1. The Bertz CT molecular complexity index is 686. The first-order chi connectivity index (χ1) is 11.4. The number of aromatic nitrogens is 2. The lowest BCUT2D eigenvalue weighted by Gasteiger charge is -2.32. The first kappa shape index (κ1) is 16.8. The standard InChI is InChI=1S/C16H19F3N4O/c1-11-4-5-13(24-11)10-23-8-2-3-12(9-23)21-15-20-7-6-14(22-15)16(17,18)19/h4-7,12H,2-3,8-10H2,1H3,(H,20,21,22). The molecule has 0 bridgehead atoms. The minimum Gasteiger partial charge on any atom is -0.465 e.